The van der Waals surface area contributed by atoms with Gasteiger partial charge in [0.25, 0.3) is 0 Å². The Morgan fingerprint density at radius 3 is 2.33 bits per heavy atom. The van der Waals surface area contributed by atoms with Gasteiger partial charge in [0.1, 0.15) is 5.60 Å². The molecule has 1 aromatic carbocycles. The third-order valence-corrected chi connectivity index (χ3v) is 3.83. The second-order valence-electron chi connectivity index (χ2n) is 7.65. The van der Waals surface area contributed by atoms with E-state index in [1.807, 2.05) is 65.0 Å². The number of rotatable bonds is 7. The molecule has 136 valence electrons. The van der Waals surface area contributed by atoms with Gasteiger partial charge < -0.3 is 20.9 Å². The fraction of sp³-hybridized carbons (Fsp3) is 0.632. The standard InChI is InChI=1S/C19H32N2O3/c1-13(2)15(20)12-17(22)16(11-14-9-7-6-8-10-14)21-18(23)24-19(3,4)5/h6-10,13,15-17,22H,11-12,20H2,1-5H3,(H,21,23). The maximum Gasteiger partial charge on any atom is 0.407 e. The summed E-state index contributed by atoms with van der Waals surface area (Å²) >= 11 is 0. The highest BCUT2D eigenvalue weighted by Crippen LogP contribution is 2.14. The van der Waals surface area contributed by atoms with Crippen LogP contribution in [0.4, 0.5) is 4.79 Å². The molecular weight excluding hydrogens is 304 g/mol. The van der Waals surface area contributed by atoms with Crippen LogP contribution in [0.2, 0.25) is 0 Å². The lowest BCUT2D eigenvalue weighted by molar-refractivity contribution is 0.0400. The molecule has 1 rings (SSSR count). The average molecular weight is 336 g/mol. The molecule has 0 radical (unpaired) electrons. The Balaban J connectivity index is 2.80. The largest absolute Gasteiger partial charge is 0.444 e. The Morgan fingerprint density at radius 2 is 1.83 bits per heavy atom. The van der Waals surface area contributed by atoms with E-state index < -0.39 is 23.8 Å². The van der Waals surface area contributed by atoms with Crippen LogP contribution in [0.15, 0.2) is 30.3 Å². The van der Waals surface area contributed by atoms with E-state index in [0.717, 1.165) is 5.56 Å². The van der Waals surface area contributed by atoms with Crippen molar-refractivity contribution < 1.29 is 14.6 Å². The lowest BCUT2D eigenvalue weighted by Gasteiger charge is -2.29. The van der Waals surface area contributed by atoms with Gasteiger partial charge in [-0.2, -0.15) is 0 Å². The van der Waals surface area contributed by atoms with E-state index in [4.69, 9.17) is 10.5 Å². The summed E-state index contributed by atoms with van der Waals surface area (Å²) in [5.41, 5.74) is 6.53. The quantitative estimate of drug-likeness (QED) is 0.715. The molecule has 0 aliphatic carbocycles. The number of hydrogen-bond donors (Lipinski definition) is 3. The Hall–Kier alpha value is -1.59. The van der Waals surface area contributed by atoms with Gasteiger partial charge in [-0.05, 0) is 45.1 Å². The number of amides is 1. The molecular formula is C19H32N2O3. The van der Waals surface area contributed by atoms with Gasteiger partial charge in [-0.1, -0.05) is 44.2 Å². The summed E-state index contributed by atoms with van der Waals surface area (Å²) in [6, 6.07) is 9.17. The molecule has 0 saturated heterocycles. The molecule has 5 heteroatoms. The van der Waals surface area contributed by atoms with E-state index in [0.29, 0.717) is 12.8 Å². The zero-order valence-corrected chi connectivity index (χ0v) is 15.5. The van der Waals surface area contributed by atoms with Gasteiger partial charge in [0.15, 0.2) is 0 Å². The predicted octanol–water partition coefficient (Wildman–Crippen LogP) is 2.86. The third-order valence-electron chi connectivity index (χ3n) is 3.83. The lowest BCUT2D eigenvalue weighted by atomic mass is 9.92. The molecule has 0 aliphatic rings. The van der Waals surface area contributed by atoms with E-state index in [1.165, 1.54) is 0 Å². The summed E-state index contributed by atoms with van der Waals surface area (Å²) in [5, 5.41) is 13.4. The normalized spacial score (nSPS) is 15.7. The number of nitrogens with one attached hydrogen (secondary N) is 1. The number of carbonyl (C=O) groups is 1. The molecule has 24 heavy (non-hydrogen) atoms. The minimum absolute atomic E-state index is 0.126. The first-order valence-corrected chi connectivity index (χ1v) is 8.55. The number of carbonyl (C=O) groups excluding carboxylic acids is 1. The molecule has 0 saturated carbocycles. The minimum Gasteiger partial charge on any atom is -0.444 e. The van der Waals surface area contributed by atoms with Gasteiger partial charge >= 0.3 is 6.09 Å². The first-order chi connectivity index (χ1) is 11.1. The molecule has 4 N–H and O–H groups in total. The van der Waals surface area contributed by atoms with Gasteiger partial charge in [0.05, 0.1) is 12.1 Å². The van der Waals surface area contributed by atoms with Crippen molar-refractivity contribution in [1.29, 1.82) is 0 Å². The number of aliphatic hydroxyl groups excluding tert-OH is 1. The van der Waals surface area contributed by atoms with Crippen LogP contribution in [0.5, 0.6) is 0 Å². The monoisotopic (exact) mass is 336 g/mol. The summed E-state index contributed by atoms with van der Waals surface area (Å²) in [5.74, 6) is 0.263. The highest BCUT2D eigenvalue weighted by Gasteiger charge is 2.27. The SMILES string of the molecule is CC(C)C(N)CC(O)C(Cc1ccccc1)NC(=O)OC(C)(C)C. The van der Waals surface area contributed by atoms with Crippen LogP contribution in [-0.2, 0) is 11.2 Å². The summed E-state index contributed by atoms with van der Waals surface area (Å²) < 4.78 is 5.32. The summed E-state index contributed by atoms with van der Waals surface area (Å²) in [6.07, 6.45) is -0.326. The molecule has 0 fully saturated rings. The number of hydrogen-bond acceptors (Lipinski definition) is 4. The van der Waals surface area contributed by atoms with E-state index in [-0.39, 0.29) is 12.0 Å². The van der Waals surface area contributed by atoms with Gasteiger partial charge in [-0.3, -0.25) is 0 Å². The van der Waals surface area contributed by atoms with Crippen molar-refractivity contribution in [2.75, 3.05) is 0 Å². The molecule has 1 amide bonds. The van der Waals surface area contributed by atoms with E-state index in [1.54, 1.807) is 0 Å². The van der Waals surface area contributed by atoms with Gasteiger partial charge in [0, 0.05) is 6.04 Å². The number of aliphatic hydroxyl groups is 1. The molecule has 0 aliphatic heterocycles. The van der Waals surface area contributed by atoms with Crippen molar-refractivity contribution >= 4 is 6.09 Å². The predicted molar refractivity (Wildman–Crippen MR) is 96.7 cm³/mol. The molecule has 3 unspecified atom stereocenters. The van der Waals surface area contributed by atoms with Crippen molar-refractivity contribution in [1.82, 2.24) is 5.32 Å². The Morgan fingerprint density at radius 1 is 1.25 bits per heavy atom. The van der Waals surface area contributed by atoms with Crippen molar-refractivity contribution in [3.05, 3.63) is 35.9 Å². The number of benzene rings is 1. The van der Waals surface area contributed by atoms with E-state index in [2.05, 4.69) is 5.32 Å². The molecule has 3 atom stereocenters. The molecule has 5 nitrogen and oxygen atoms in total. The topological polar surface area (TPSA) is 84.6 Å². The average Bonchev–Trinajstić information content (AvgIpc) is 2.45. The Bertz CT molecular complexity index is 497. The van der Waals surface area contributed by atoms with Crippen molar-refractivity contribution in [2.45, 2.75) is 71.2 Å². The minimum atomic E-state index is -0.741. The lowest BCUT2D eigenvalue weighted by Crippen LogP contribution is -2.48. The van der Waals surface area contributed by atoms with E-state index >= 15 is 0 Å². The zero-order chi connectivity index (χ0) is 18.3. The van der Waals surface area contributed by atoms with Crippen LogP contribution in [0.3, 0.4) is 0 Å². The fourth-order valence-corrected chi connectivity index (χ4v) is 2.33. The smallest absolute Gasteiger partial charge is 0.407 e. The van der Waals surface area contributed by atoms with Crippen LogP contribution in [0.25, 0.3) is 0 Å². The summed E-state index contributed by atoms with van der Waals surface area (Å²) in [4.78, 5) is 12.1. The van der Waals surface area contributed by atoms with Crippen molar-refractivity contribution in [3.8, 4) is 0 Å². The summed E-state index contributed by atoms with van der Waals surface area (Å²) in [7, 11) is 0. The van der Waals surface area contributed by atoms with Crippen LogP contribution < -0.4 is 11.1 Å². The third kappa shape index (κ3) is 7.79. The second kappa shape index (κ2) is 9.04. The highest BCUT2D eigenvalue weighted by atomic mass is 16.6. The Kier molecular flexibility index (Phi) is 7.70. The van der Waals surface area contributed by atoms with Crippen LogP contribution in [0, 0.1) is 5.92 Å². The van der Waals surface area contributed by atoms with Gasteiger partial charge in [0.2, 0.25) is 0 Å². The molecule has 0 bridgehead atoms. The molecule has 0 heterocycles. The number of ether oxygens (including phenoxy) is 1. The molecule has 1 aromatic rings. The van der Waals surface area contributed by atoms with Gasteiger partial charge in [-0.25, -0.2) is 4.79 Å². The first-order valence-electron chi connectivity index (χ1n) is 8.55. The summed E-state index contributed by atoms with van der Waals surface area (Å²) in [6.45, 7) is 9.47. The van der Waals surface area contributed by atoms with Gasteiger partial charge in [-0.15, -0.1) is 0 Å². The maximum absolute atomic E-state index is 12.1. The van der Waals surface area contributed by atoms with Crippen LogP contribution in [0.1, 0.15) is 46.6 Å². The van der Waals surface area contributed by atoms with Crippen LogP contribution >= 0.6 is 0 Å². The fourth-order valence-electron chi connectivity index (χ4n) is 2.33. The van der Waals surface area contributed by atoms with Crippen molar-refractivity contribution in [2.24, 2.45) is 11.7 Å². The zero-order valence-electron chi connectivity index (χ0n) is 15.5. The number of alkyl carbamates (subject to hydrolysis) is 1. The highest BCUT2D eigenvalue weighted by molar-refractivity contribution is 5.68. The second-order valence-corrected chi connectivity index (χ2v) is 7.65. The van der Waals surface area contributed by atoms with Crippen LogP contribution in [-0.4, -0.2) is 35.0 Å². The van der Waals surface area contributed by atoms with Crippen molar-refractivity contribution in [3.63, 3.8) is 0 Å². The Labute approximate surface area is 145 Å². The van der Waals surface area contributed by atoms with E-state index in [9.17, 15) is 9.90 Å². The molecule has 0 spiro atoms. The first kappa shape index (κ1) is 20.5. The maximum atomic E-state index is 12.1. The molecule has 0 aromatic heterocycles. The number of nitrogens with two attached hydrogens (primary N) is 1.